The molecule has 0 radical (unpaired) electrons. The molecule has 0 aromatic heterocycles. The average molecular weight is 300 g/mol. The molecule has 0 saturated carbocycles. The number of hydrogen-bond acceptors (Lipinski definition) is 4. The van der Waals surface area contributed by atoms with Gasteiger partial charge in [-0.3, -0.25) is 0 Å². The number of rotatable bonds is 7. The van der Waals surface area contributed by atoms with Gasteiger partial charge in [-0.25, -0.2) is 0 Å². The summed E-state index contributed by atoms with van der Waals surface area (Å²) in [4.78, 5) is 0. The molecule has 0 aliphatic rings. The Hall–Kier alpha value is -1.14. The van der Waals surface area contributed by atoms with Crippen LogP contribution in [0.15, 0.2) is 18.2 Å². The first-order valence-electron chi connectivity index (χ1n) is 5.97. The lowest BCUT2D eigenvalue weighted by atomic mass is 10.2. The van der Waals surface area contributed by atoms with Crippen LogP contribution >= 0.6 is 24.0 Å². The number of nitrogens with one attached hydrogen (secondary N) is 2. The number of anilines is 1. The minimum absolute atomic E-state index is 0.590. The molecule has 0 bridgehead atoms. The van der Waals surface area contributed by atoms with E-state index in [-0.39, 0.29) is 0 Å². The summed E-state index contributed by atoms with van der Waals surface area (Å²) in [5.41, 5.74) is 0.796. The molecule has 0 spiro atoms. The smallest absolute Gasteiger partial charge is 0.170 e. The molecule has 0 fully saturated rings. The molecular weight excluding hydrogens is 280 g/mol. The van der Waals surface area contributed by atoms with Gasteiger partial charge < -0.3 is 20.1 Å². The number of hydrogen-bond donors (Lipinski definition) is 2. The standard InChI is InChI=1S/C13H20N2O2S2/c1-16-10-5-6-12(17-2)11(9-10)15-13(18)14-7-4-8-19-3/h5-6,9H,4,7-8H2,1-3H3,(H2,14,15,18). The van der Waals surface area contributed by atoms with Gasteiger partial charge in [0.2, 0.25) is 0 Å². The van der Waals surface area contributed by atoms with Crippen LogP contribution in [0.1, 0.15) is 6.42 Å². The van der Waals surface area contributed by atoms with Crippen molar-refractivity contribution in [2.24, 2.45) is 0 Å². The number of thiocarbonyl (C=S) groups is 1. The van der Waals surface area contributed by atoms with Crippen molar-refractivity contribution in [1.29, 1.82) is 0 Å². The summed E-state index contributed by atoms with van der Waals surface area (Å²) in [5.74, 6) is 2.61. The summed E-state index contributed by atoms with van der Waals surface area (Å²) in [6.45, 7) is 0.860. The highest BCUT2D eigenvalue weighted by Gasteiger charge is 2.06. The maximum Gasteiger partial charge on any atom is 0.170 e. The Balaban J connectivity index is 2.56. The first kappa shape index (κ1) is 15.9. The molecule has 0 aliphatic heterocycles. The van der Waals surface area contributed by atoms with Gasteiger partial charge in [-0.1, -0.05) is 0 Å². The van der Waals surface area contributed by atoms with Crippen molar-refractivity contribution < 1.29 is 9.47 Å². The Morgan fingerprint density at radius 3 is 2.74 bits per heavy atom. The maximum absolute atomic E-state index is 5.28. The van der Waals surface area contributed by atoms with Crippen LogP contribution in [0.3, 0.4) is 0 Å². The van der Waals surface area contributed by atoms with Gasteiger partial charge >= 0.3 is 0 Å². The SMILES string of the molecule is COc1ccc(OC)c(NC(=S)NCCCSC)c1. The second-order valence-corrected chi connectivity index (χ2v) is 5.19. The predicted octanol–water partition coefficient (Wildman–Crippen LogP) is 2.74. The van der Waals surface area contributed by atoms with Crippen LogP contribution in [0.2, 0.25) is 0 Å². The van der Waals surface area contributed by atoms with Crippen molar-refractivity contribution in [2.45, 2.75) is 6.42 Å². The number of thioether (sulfide) groups is 1. The summed E-state index contributed by atoms with van der Waals surface area (Å²) in [6.07, 6.45) is 3.18. The van der Waals surface area contributed by atoms with Crippen molar-refractivity contribution in [1.82, 2.24) is 5.32 Å². The van der Waals surface area contributed by atoms with Crippen molar-refractivity contribution in [3.8, 4) is 11.5 Å². The Labute approximate surface area is 124 Å². The Morgan fingerprint density at radius 1 is 1.32 bits per heavy atom. The van der Waals surface area contributed by atoms with Crippen LogP contribution in [0.5, 0.6) is 11.5 Å². The van der Waals surface area contributed by atoms with Crippen LogP contribution in [-0.2, 0) is 0 Å². The Morgan fingerprint density at radius 2 is 2.11 bits per heavy atom. The highest BCUT2D eigenvalue weighted by Crippen LogP contribution is 2.28. The lowest BCUT2D eigenvalue weighted by Gasteiger charge is -2.14. The van der Waals surface area contributed by atoms with Crippen LogP contribution in [0, 0.1) is 0 Å². The molecule has 0 unspecified atom stereocenters. The fraction of sp³-hybridized carbons (Fsp3) is 0.462. The van der Waals surface area contributed by atoms with E-state index in [4.69, 9.17) is 21.7 Å². The number of methoxy groups -OCH3 is 2. The van der Waals surface area contributed by atoms with Gasteiger partial charge in [0.1, 0.15) is 11.5 Å². The van der Waals surface area contributed by atoms with Crippen LogP contribution < -0.4 is 20.1 Å². The van der Waals surface area contributed by atoms with E-state index >= 15 is 0 Å². The first-order chi connectivity index (χ1) is 9.21. The summed E-state index contributed by atoms with van der Waals surface area (Å²) in [5, 5.41) is 6.88. The lowest BCUT2D eigenvalue weighted by molar-refractivity contribution is 0.405. The summed E-state index contributed by atoms with van der Waals surface area (Å²) >= 11 is 7.08. The normalized spacial score (nSPS) is 9.84. The van der Waals surface area contributed by atoms with E-state index in [2.05, 4.69) is 16.9 Å². The zero-order valence-corrected chi connectivity index (χ0v) is 13.1. The molecule has 0 heterocycles. The largest absolute Gasteiger partial charge is 0.497 e. The molecule has 1 rings (SSSR count). The van der Waals surface area contributed by atoms with Gasteiger partial charge in [-0.2, -0.15) is 11.8 Å². The van der Waals surface area contributed by atoms with Crippen molar-refractivity contribution in [3.63, 3.8) is 0 Å². The number of ether oxygens (including phenoxy) is 2. The second kappa shape index (κ2) is 8.87. The molecule has 0 saturated heterocycles. The van der Waals surface area contributed by atoms with E-state index in [1.165, 1.54) is 0 Å². The average Bonchev–Trinajstić information content (AvgIpc) is 2.43. The summed E-state index contributed by atoms with van der Waals surface area (Å²) in [7, 11) is 3.26. The third-order valence-corrected chi connectivity index (χ3v) is 3.41. The zero-order chi connectivity index (χ0) is 14.1. The third kappa shape index (κ3) is 5.57. The zero-order valence-electron chi connectivity index (χ0n) is 11.5. The van der Waals surface area contributed by atoms with Crippen molar-refractivity contribution >= 4 is 34.8 Å². The molecular formula is C13H20N2O2S2. The lowest BCUT2D eigenvalue weighted by Crippen LogP contribution is -2.29. The minimum Gasteiger partial charge on any atom is -0.497 e. The molecule has 1 aromatic carbocycles. The van der Waals surface area contributed by atoms with Gasteiger partial charge in [0.25, 0.3) is 0 Å². The van der Waals surface area contributed by atoms with E-state index in [1.807, 2.05) is 30.0 Å². The van der Waals surface area contributed by atoms with Gasteiger partial charge in [-0.15, -0.1) is 0 Å². The van der Waals surface area contributed by atoms with Crippen LogP contribution in [-0.4, -0.2) is 37.9 Å². The van der Waals surface area contributed by atoms with Gasteiger partial charge in [-0.05, 0) is 42.8 Å². The van der Waals surface area contributed by atoms with E-state index in [0.717, 1.165) is 35.9 Å². The molecule has 0 amide bonds. The van der Waals surface area contributed by atoms with E-state index in [9.17, 15) is 0 Å². The van der Waals surface area contributed by atoms with Crippen molar-refractivity contribution in [2.75, 3.05) is 38.1 Å². The molecule has 0 aliphatic carbocycles. The molecule has 4 nitrogen and oxygen atoms in total. The summed E-state index contributed by atoms with van der Waals surface area (Å²) < 4.78 is 10.5. The van der Waals surface area contributed by atoms with Crippen LogP contribution in [0.4, 0.5) is 5.69 Å². The topological polar surface area (TPSA) is 42.5 Å². The predicted molar refractivity (Wildman–Crippen MR) is 86.8 cm³/mol. The van der Waals surface area contributed by atoms with E-state index in [0.29, 0.717) is 5.11 Å². The summed E-state index contributed by atoms with van der Waals surface area (Å²) in [6, 6.07) is 5.55. The number of benzene rings is 1. The minimum atomic E-state index is 0.590. The molecule has 1 aromatic rings. The van der Waals surface area contributed by atoms with Gasteiger partial charge in [0.15, 0.2) is 5.11 Å². The highest BCUT2D eigenvalue weighted by atomic mass is 32.2. The maximum atomic E-state index is 5.28. The monoisotopic (exact) mass is 300 g/mol. The second-order valence-electron chi connectivity index (χ2n) is 3.79. The molecule has 106 valence electrons. The molecule has 0 atom stereocenters. The van der Waals surface area contributed by atoms with Crippen molar-refractivity contribution in [3.05, 3.63) is 18.2 Å². The fourth-order valence-electron chi connectivity index (χ4n) is 1.50. The Kier molecular flexibility index (Phi) is 7.43. The molecule has 6 heteroatoms. The van der Waals surface area contributed by atoms with Gasteiger partial charge in [0.05, 0.1) is 19.9 Å². The molecule has 2 N–H and O–H groups in total. The van der Waals surface area contributed by atoms with Gasteiger partial charge in [0, 0.05) is 12.6 Å². The first-order valence-corrected chi connectivity index (χ1v) is 7.77. The quantitative estimate of drug-likeness (QED) is 0.596. The molecule has 19 heavy (non-hydrogen) atoms. The van der Waals surface area contributed by atoms with Crippen LogP contribution in [0.25, 0.3) is 0 Å². The third-order valence-electron chi connectivity index (χ3n) is 2.47. The van der Waals surface area contributed by atoms with E-state index in [1.54, 1.807) is 14.2 Å². The fourth-order valence-corrected chi connectivity index (χ4v) is 2.14. The highest BCUT2D eigenvalue weighted by molar-refractivity contribution is 7.98. The Bertz CT molecular complexity index is 414. The van der Waals surface area contributed by atoms with E-state index < -0.39 is 0 Å².